The van der Waals surface area contributed by atoms with Gasteiger partial charge in [-0.3, -0.25) is 14.6 Å². The Morgan fingerprint density at radius 2 is 1.65 bits per heavy atom. The van der Waals surface area contributed by atoms with Crippen molar-refractivity contribution in [1.82, 2.24) is 10.3 Å². The second kappa shape index (κ2) is 13.0. The summed E-state index contributed by atoms with van der Waals surface area (Å²) in [5, 5.41) is 2.96. The van der Waals surface area contributed by atoms with Gasteiger partial charge < -0.3 is 15.0 Å². The number of pyridine rings is 1. The number of nitrogens with one attached hydrogen (secondary N) is 1. The van der Waals surface area contributed by atoms with E-state index in [0.717, 1.165) is 28.1 Å². The Hall–Kier alpha value is -4.45. The van der Waals surface area contributed by atoms with Crippen LogP contribution in [0.2, 0.25) is 0 Å². The van der Waals surface area contributed by atoms with Crippen molar-refractivity contribution >= 4 is 17.5 Å². The summed E-state index contributed by atoms with van der Waals surface area (Å²) in [6.45, 7) is 2.86. The number of aryl methyl sites for hydroxylation is 1. The molecule has 0 unspecified atom stereocenters. The normalized spacial score (nSPS) is 10.5. The Morgan fingerprint density at radius 3 is 2.41 bits per heavy atom. The number of amides is 2. The Labute approximate surface area is 217 Å². The van der Waals surface area contributed by atoms with Crippen molar-refractivity contribution in [1.29, 1.82) is 0 Å². The molecular weight excluding hydrogens is 462 g/mol. The molecule has 0 spiro atoms. The second-order valence-electron chi connectivity index (χ2n) is 8.83. The third-order valence-electron chi connectivity index (χ3n) is 5.88. The van der Waals surface area contributed by atoms with E-state index in [4.69, 9.17) is 4.74 Å². The zero-order valence-electron chi connectivity index (χ0n) is 21.0. The molecule has 1 aromatic heterocycles. The van der Waals surface area contributed by atoms with Crippen LogP contribution in [0.3, 0.4) is 0 Å². The van der Waals surface area contributed by atoms with Crippen LogP contribution in [0, 0.1) is 6.92 Å². The van der Waals surface area contributed by atoms with E-state index in [0.29, 0.717) is 25.3 Å². The summed E-state index contributed by atoms with van der Waals surface area (Å²) >= 11 is 0. The number of carbonyl (C=O) groups excluding carboxylic acids is 2. The molecule has 0 saturated carbocycles. The quantitative estimate of drug-likeness (QED) is 0.323. The van der Waals surface area contributed by atoms with Gasteiger partial charge in [0.05, 0.1) is 13.0 Å². The lowest BCUT2D eigenvalue weighted by Gasteiger charge is -2.24. The predicted octanol–water partition coefficient (Wildman–Crippen LogP) is 4.90. The number of anilines is 1. The summed E-state index contributed by atoms with van der Waals surface area (Å²) in [6.07, 6.45) is 2.65. The van der Waals surface area contributed by atoms with E-state index < -0.39 is 0 Å². The minimum atomic E-state index is -0.165. The Balaban J connectivity index is 1.43. The summed E-state index contributed by atoms with van der Waals surface area (Å²) < 4.78 is 5.74. The van der Waals surface area contributed by atoms with E-state index in [9.17, 15) is 9.59 Å². The molecule has 0 bridgehead atoms. The summed E-state index contributed by atoms with van der Waals surface area (Å²) in [6, 6.07) is 30.7. The zero-order valence-corrected chi connectivity index (χ0v) is 21.0. The van der Waals surface area contributed by atoms with E-state index in [1.54, 1.807) is 11.1 Å². The topological polar surface area (TPSA) is 71.5 Å². The maximum absolute atomic E-state index is 13.3. The highest BCUT2D eigenvalue weighted by Gasteiger charge is 2.18. The molecule has 2 amide bonds. The van der Waals surface area contributed by atoms with Gasteiger partial charge in [-0.25, -0.2) is 0 Å². The molecule has 4 aromatic rings. The third-order valence-corrected chi connectivity index (χ3v) is 5.88. The molecule has 4 rings (SSSR count). The van der Waals surface area contributed by atoms with Crippen molar-refractivity contribution in [2.45, 2.75) is 26.3 Å². The maximum atomic E-state index is 13.3. The monoisotopic (exact) mass is 493 g/mol. The van der Waals surface area contributed by atoms with Crippen molar-refractivity contribution in [2.24, 2.45) is 0 Å². The predicted molar refractivity (Wildman–Crippen MR) is 145 cm³/mol. The number of hydrogen-bond donors (Lipinski definition) is 1. The smallest absolute Gasteiger partial charge is 0.265 e. The SMILES string of the molecule is Cc1ccc(CN(C(=O)COc2ccccc2)c2cccc(CC(=O)NCCc3ccccn3)c2)cc1. The first kappa shape index (κ1) is 25.6. The molecule has 0 aliphatic rings. The van der Waals surface area contributed by atoms with E-state index in [1.807, 2.05) is 104 Å². The summed E-state index contributed by atoms with van der Waals surface area (Å²) in [7, 11) is 0. The van der Waals surface area contributed by atoms with Gasteiger partial charge in [-0.2, -0.15) is 0 Å². The molecule has 188 valence electrons. The van der Waals surface area contributed by atoms with Crippen LogP contribution in [0.5, 0.6) is 5.75 Å². The Kier molecular flexibility index (Phi) is 9.02. The molecule has 6 heteroatoms. The first-order valence-electron chi connectivity index (χ1n) is 12.4. The summed E-state index contributed by atoms with van der Waals surface area (Å²) in [4.78, 5) is 31.9. The number of benzene rings is 3. The molecule has 1 heterocycles. The van der Waals surface area contributed by atoms with Crippen molar-refractivity contribution < 1.29 is 14.3 Å². The number of nitrogens with zero attached hydrogens (tertiary/aromatic N) is 2. The van der Waals surface area contributed by atoms with Gasteiger partial charge >= 0.3 is 0 Å². The minimum absolute atomic E-state index is 0.0723. The second-order valence-corrected chi connectivity index (χ2v) is 8.83. The molecule has 0 fully saturated rings. The molecule has 3 aromatic carbocycles. The molecule has 0 radical (unpaired) electrons. The van der Waals surface area contributed by atoms with Gasteiger partial charge in [0.2, 0.25) is 5.91 Å². The number of carbonyl (C=O) groups is 2. The molecule has 1 N–H and O–H groups in total. The molecule has 37 heavy (non-hydrogen) atoms. The number of hydrogen-bond acceptors (Lipinski definition) is 4. The first-order valence-corrected chi connectivity index (χ1v) is 12.4. The average Bonchev–Trinajstić information content (AvgIpc) is 2.93. The van der Waals surface area contributed by atoms with Gasteiger partial charge in [0.25, 0.3) is 5.91 Å². The Morgan fingerprint density at radius 1 is 0.865 bits per heavy atom. The largest absolute Gasteiger partial charge is 0.484 e. The fourth-order valence-corrected chi connectivity index (χ4v) is 3.90. The van der Waals surface area contributed by atoms with Crippen molar-refractivity contribution in [3.05, 3.63) is 126 Å². The molecule has 0 aliphatic carbocycles. The number of para-hydroxylation sites is 1. The first-order chi connectivity index (χ1) is 18.1. The fourth-order valence-electron chi connectivity index (χ4n) is 3.90. The zero-order chi connectivity index (χ0) is 25.9. The van der Waals surface area contributed by atoms with Crippen LogP contribution in [-0.2, 0) is 29.0 Å². The van der Waals surface area contributed by atoms with Gasteiger partial charge in [-0.05, 0) is 54.4 Å². The van der Waals surface area contributed by atoms with Gasteiger partial charge in [0.15, 0.2) is 6.61 Å². The van der Waals surface area contributed by atoms with Crippen molar-refractivity contribution in [3.8, 4) is 5.75 Å². The van der Waals surface area contributed by atoms with Crippen LogP contribution in [0.1, 0.15) is 22.4 Å². The van der Waals surface area contributed by atoms with Gasteiger partial charge in [0, 0.05) is 30.5 Å². The van der Waals surface area contributed by atoms with Crippen LogP contribution < -0.4 is 15.0 Å². The van der Waals surface area contributed by atoms with E-state index in [1.165, 1.54) is 0 Å². The molecule has 0 aliphatic heterocycles. The van der Waals surface area contributed by atoms with E-state index in [-0.39, 0.29) is 24.8 Å². The highest BCUT2D eigenvalue weighted by Crippen LogP contribution is 2.21. The third kappa shape index (κ3) is 8.04. The highest BCUT2D eigenvalue weighted by atomic mass is 16.5. The minimum Gasteiger partial charge on any atom is -0.484 e. The van der Waals surface area contributed by atoms with Crippen molar-refractivity contribution in [3.63, 3.8) is 0 Å². The number of ether oxygens (including phenoxy) is 1. The maximum Gasteiger partial charge on any atom is 0.265 e. The summed E-state index contributed by atoms with van der Waals surface area (Å²) in [5.41, 5.74) is 4.66. The van der Waals surface area contributed by atoms with Gasteiger partial charge in [0.1, 0.15) is 5.75 Å². The van der Waals surface area contributed by atoms with Crippen LogP contribution >= 0.6 is 0 Å². The van der Waals surface area contributed by atoms with E-state index >= 15 is 0 Å². The van der Waals surface area contributed by atoms with Gasteiger partial charge in [-0.15, -0.1) is 0 Å². The van der Waals surface area contributed by atoms with Gasteiger partial charge in [-0.1, -0.05) is 66.2 Å². The summed E-state index contributed by atoms with van der Waals surface area (Å²) in [5.74, 6) is 0.403. The van der Waals surface area contributed by atoms with Crippen molar-refractivity contribution in [2.75, 3.05) is 18.1 Å². The van der Waals surface area contributed by atoms with E-state index in [2.05, 4.69) is 10.3 Å². The molecule has 0 saturated heterocycles. The molecule has 6 nitrogen and oxygen atoms in total. The highest BCUT2D eigenvalue weighted by molar-refractivity contribution is 5.94. The molecular formula is C31H31N3O3. The lowest BCUT2D eigenvalue weighted by Crippen LogP contribution is -2.34. The molecule has 0 atom stereocenters. The number of rotatable bonds is 11. The standard InChI is InChI=1S/C31H31N3O3/c1-24-13-15-25(16-14-24)22-34(31(36)23-37-29-11-3-2-4-12-29)28-10-7-8-26(20-28)21-30(35)33-19-17-27-9-5-6-18-32-27/h2-16,18,20H,17,19,21-23H2,1H3,(H,33,35). The lowest BCUT2D eigenvalue weighted by atomic mass is 10.1. The van der Waals surface area contributed by atoms with Crippen LogP contribution in [0.25, 0.3) is 0 Å². The Bertz CT molecular complexity index is 1290. The number of aromatic nitrogens is 1. The average molecular weight is 494 g/mol. The van der Waals surface area contributed by atoms with Crippen LogP contribution in [-0.4, -0.2) is 29.9 Å². The lowest BCUT2D eigenvalue weighted by molar-refractivity contribution is -0.121. The van der Waals surface area contributed by atoms with Crippen LogP contribution in [0.15, 0.2) is 103 Å². The fraction of sp³-hybridized carbons (Fsp3) is 0.194. The van der Waals surface area contributed by atoms with Crippen LogP contribution in [0.4, 0.5) is 5.69 Å².